The van der Waals surface area contributed by atoms with Crippen LogP contribution in [-0.4, -0.2) is 37.5 Å². The van der Waals surface area contributed by atoms with Gasteiger partial charge in [0.2, 0.25) is 0 Å². The Kier molecular flexibility index (Phi) is 6.83. The normalized spacial score (nSPS) is 10.4. The standard InChI is InChI=1S/C20H24O5/c1-4-23-19(22)13-25-17-7-5-16(6-8-17)20-14(2)11-18(12-15(20)3)24-10-9-21/h5-8,11-12,21H,4,9-10,13H2,1-3H3. The molecular formula is C20H24O5. The number of ether oxygens (including phenoxy) is 3. The molecule has 2 aromatic carbocycles. The lowest BCUT2D eigenvalue weighted by Crippen LogP contribution is -2.14. The average Bonchev–Trinajstić information content (AvgIpc) is 2.59. The van der Waals surface area contributed by atoms with Gasteiger partial charge < -0.3 is 19.3 Å². The van der Waals surface area contributed by atoms with Crippen LogP contribution in [0.25, 0.3) is 11.1 Å². The number of aryl methyl sites for hydroxylation is 2. The van der Waals surface area contributed by atoms with E-state index in [1.807, 2.05) is 50.2 Å². The van der Waals surface area contributed by atoms with E-state index in [0.29, 0.717) is 12.4 Å². The van der Waals surface area contributed by atoms with Crippen LogP contribution in [0, 0.1) is 13.8 Å². The quantitative estimate of drug-likeness (QED) is 0.745. The predicted octanol–water partition coefficient (Wildman–Crippen LogP) is 3.28. The van der Waals surface area contributed by atoms with Gasteiger partial charge in [-0.2, -0.15) is 0 Å². The van der Waals surface area contributed by atoms with Crippen molar-refractivity contribution < 1.29 is 24.1 Å². The molecule has 0 amide bonds. The molecule has 0 aliphatic heterocycles. The molecule has 2 aromatic rings. The van der Waals surface area contributed by atoms with E-state index in [9.17, 15) is 4.79 Å². The third-order valence-corrected chi connectivity index (χ3v) is 3.67. The maximum absolute atomic E-state index is 11.3. The molecule has 0 bridgehead atoms. The molecule has 0 aliphatic carbocycles. The van der Waals surface area contributed by atoms with Crippen LogP contribution in [-0.2, 0) is 9.53 Å². The van der Waals surface area contributed by atoms with E-state index < -0.39 is 0 Å². The summed E-state index contributed by atoms with van der Waals surface area (Å²) in [5, 5.41) is 8.87. The van der Waals surface area contributed by atoms with Crippen molar-refractivity contribution in [3.8, 4) is 22.6 Å². The van der Waals surface area contributed by atoms with Gasteiger partial charge >= 0.3 is 5.97 Å². The van der Waals surface area contributed by atoms with Crippen LogP contribution in [0.5, 0.6) is 11.5 Å². The summed E-state index contributed by atoms with van der Waals surface area (Å²) in [6.45, 7) is 6.34. The second-order valence-corrected chi connectivity index (χ2v) is 5.62. The highest BCUT2D eigenvalue weighted by Crippen LogP contribution is 2.32. The third kappa shape index (κ3) is 5.22. The zero-order valence-electron chi connectivity index (χ0n) is 14.9. The van der Waals surface area contributed by atoms with Crippen LogP contribution in [0.3, 0.4) is 0 Å². The Balaban J connectivity index is 2.12. The Morgan fingerprint density at radius 3 is 2.20 bits per heavy atom. The van der Waals surface area contributed by atoms with Crippen LogP contribution >= 0.6 is 0 Å². The van der Waals surface area contributed by atoms with Crippen molar-refractivity contribution in [1.82, 2.24) is 0 Å². The van der Waals surface area contributed by atoms with E-state index in [4.69, 9.17) is 19.3 Å². The third-order valence-electron chi connectivity index (χ3n) is 3.67. The molecule has 0 unspecified atom stereocenters. The van der Waals surface area contributed by atoms with E-state index in [1.165, 1.54) is 0 Å². The van der Waals surface area contributed by atoms with E-state index in [-0.39, 0.29) is 25.8 Å². The smallest absolute Gasteiger partial charge is 0.344 e. The molecule has 1 N–H and O–H groups in total. The molecule has 0 heterocycles. The first-order valence-corrected chi connectivity index (χ1v) is 8.29. The number of esters is 1. The summed E-state index contributed by atoms with van der Waals surface area (Å²) in [6.07, 6.45) is 0. The molecule has 134 valence electrons. The molecule has 0 fully saturated rings. The molecule has 0 atom stereocenters. The van der Waals surface area contributed by atoms with Gasteiger partial charge in [0, 0.05) is 0 Å². The molecule has 0 saturated heterocycles. The first-order valence-electron chi connectivity index (χ1n) is 8.29. The molecular weight excluding hydrogens is 320 g/mol. The van der Waals surface area contributed by atoms with E-state index >= 15 is 0 Å². The minimum Gasteiger partial charge on any atom is -0.491 e. The van der Waals surface area contributed by atoms with E-state index in [2.05, 4.69) is 0 Å². The van der Waals surface area contributed by atoms with Gasteiger partial charge in [0.15, 0.2) is 6.61 Å². The van der Waals surface area contributed by atoms with Crippen molar-refractivity contribution in [3.05, 3.63) is 47.5 Å². The Morgan fingerprint density at radius 2 is 1.64 bits per heavy atom. The molecule has 0 radical (unpaired) electrons. The SMILES string of the molecule is CCOC(=O)COc1ccc(-c2c(C)cc(OCCO)cc2C)cc1. The van der Waals surface area contributed by atoms with Gasteiger partial charge in [-0.05, 0) is 67.3 Å². The average molecular weight is 344 g/mol. The zero-order valence-corrected chi connectivity index (χ0v) is 14.9. The fourth-order valence-electron chi connectivity index (χ4n) is 2.69. The van der Waals surface area contributed by atoms with Gasteiger partial charge in [-0.1, -0.05) is 12.1 Å². The summed E-state index contributed by atoms with van der Waals surface area (Å²) >= 11 is 0. The highest BCUT2D eigenvalue weighted by atomic mass is 16.6. The van der Waals surface area contributed by atoms with Crippen LogP contribution < -0.4 is 9.47 Å². The number of aliphatic hydroxyl groups is 1. The first-order chi connectivity index (χ1) is 12.0. The van der Waals surface area contributed by atoms with Crippen LogP contribution in [0.15, 0.2) is 36.4 Å². The summed E-state index contributed by atoms with van der Waals surface area (Å²) in [4.78, 5) is 11.3. The van der Waals surface area contributed by atoms with Crippen molar-refractivity contribution in [3.63, 3.8) is 0 Å². The number of carbonyl (C=O) groups excluding carboxylic acids is 1. The number of aliphatic hydroxyl groups excluding tert-OH is 1. The second-order valence-electron chi connectivity index (χ2n) is 5.62. The van der Waals surface area contributed by atoms with Gasteiger partial charge in [0.05, 0.1) is 13.2 Å². The minimum absolute atomic E-state index is 0.00684. The van der Waals surface area contributed by atoms with Crippen LogP contribution in [0.2, 0.25) is 0 Å². The Bertz CT molecular complexity index is 684. The van der Waals surface area contributed by atoms with Crippen LogP contribution in [0.4, 0.5) is 0 Å². The Hall–Kier alpha value is -2.53. The maximum Gasteiger partial charge on any atom is 0.344 e. The number of benzene rings is 2. The molecule has 5 heteroatoms. The van der Waals surface area contributed by atoms with Crippen molar-refractivity contribution in [2.24, 2.45) is 0 Å². The molecule has 2 rings (SSSR count). The second kappa shape index (κ2) is 9.08. The zero-order chi connectivity index (χ0) is 18.2. The van der Waals surface area contributed by atoms with Crippen molar-refractivity contribution in [1.29, 1.82) is 0 Å². The number of carbonyl (C=O) groups is 1. The van der Waals surface area contributed by atoms with Crippen LogP contribution in [0.1, 0.15) is 18.1 Å². The summed E-state index contributed by atoms with van der Waals surface area (Å²) in [6, 6.07) is 11.5. The summed E-state index contributed by atoms with van der Waals surface area (Å²) in [5.41, 5.74) is 4.38. The van der Waals surface area contributed by atoms with Gasteiger partial charge in [-0.15, -0.1) is 0 Å². The molecule has 5 nitrogen and oxygen atoms in total. The highest BCUT2D eigenvalue weighted by Gasteiger charge is 2.09. The van der Waals surface area contributed by atoms with E-state index in [0.717, 1.165) is 28.0 Å². The topological polar surface area (TPSA) is 65.0 Å². The van der Waals surface area contributed by atoms with Gasteiger partial charge in [-0.25, -0.2) is 4.79 Å². The summed E-state index contributed by atoms with van der Waals surface area (Å²) < 4.78 is 15.7. The lowest BCUT2D eigenvalue weighted by Gasteiger charge is -2.14. The minimum atomic E-state index is -0.378. The van der Waals surface area contributed by atoms with Gasteiger partial charge in [0.1, 0.15) is 18.1 Å². The number of rotatable bonds is 8. The predicted molar refractivity (Wildman–Crippen MR) is 96.1 cm³/mol. The Labute approximate surface area is 148 Å². The molecule has 0 aliphatic rings. The van der Waals surface area contributed by atoms with E-state index in [1.54, 1.807) is 6.92 Å². The van der Waals surface area contributed by atoms with Crippen molar-refractivity contribution in [2.45, 2.75) is 20.8 Å². The lowest BCUT2D eigenvalue weighted by molar-refractivity contribution is -0.145. The molecule has 25 heavy (non-hydrogen) atoms. The largest absolute Gasteiger partial charge is 0.491 e. The van der Waals surface area contributed by atoms with Crippen molar-refractivity contribution >= 4 is 5.97 Å². The first kappa shape index (κ1) is 18.8. The summed E-state index contributed by atoms with van der Waals surface area (Å²) in [7, 11) is 0. The fourth-order valence-corrected chi connectivity index (χ4v) is 2.69. The highest BCUT2D eigenvalue weighted by molar-refractivity contribution is 5.73. The molecule has 0 aromatic heterocycles. The molecule has 0 saturated carbocycles. The maximum atomic E-state index is 11.3. The Morgan fingerprint density at radius 1 is 1.00 bits per heavy atom. The number of hydrogen-bond donors (Lipinski definition) is 1. The monoisotopic (exact) mass is 344 g/mol. The van der Waals surface area contributed by atoms with Crippen molar-refractivity contribution in [2.75, 3.05) is 26.4 Å². The summed E-state index contributed by atoms with van der Waals surface area (Å²) in [5.74, 6) is 0.994. The van der Waals surface area contributed by atoms with Gasteiger partial charge in [0.25, 0.3) is 0 Å². The number of hydrogen-bond acceptors (Lipinski definition) is 5. The fraction of sp³-hybridized carbons (Fsp3) is 0.350. The molecule has 0 spiro atoms. The van der Waals surface area contributed by atoms with Gasteiger partial charge in [-0.3, -0.25) is 0 Å². The lowest BCUT2D eigenvalue weighted by atomic mass is 9.95.